The second-order valence-corrected chi connectivity index (χ2v) is 3.67. The maximum atomic E-state index is 10.5. The van der Waals surface area contributed by atoms with Crippen molar-refractivity contribution in [3.63, 3.8) is 0 Å². The smallest absolute Gasteiger partial charge is 0.151 e. The van der Waals surface area contributed by atoms with Gasteiger partial charge >= 0.3 is 0 Å². The first-order valence-corrected chi connectivity index (χ1v) is 5.31. The quantitative estimate of drug-likeness (QED) is 0.615. The van der Waals surface area contributed by atoms with E-state index < -0.39 is 0 Å². The number of carbonyl (C=O) groups excluding carboxylic acids is 1. The highest BCUT2D eigenvalue weighted by Gasteiger charge is 1.97. The molecule has 1 aromatic rings. The Morgan fingerprint density at radius 1 is 1.43 bits per heavy atom. The molecule has 3 heteroatoms. The summed E-state index contributed by atoms with van der Waals surface area (Å²) in [5.41, 5.74) is 1.53. The van der Waals surface area contributed by atoms with E-state index in [1.807, 2.05) is 18.2 Å². The summed E-state index contributed by atoms with van der Waals surface area (Å²) in [6.07, 6.45) is 5.68. The minimum Gasteiger partial charge on any atom is -0.298 e. The molecule has 0 aliphatic rings. The Balaban J connectivity index is 2.81. The van der Waals surface area contributed by atoms with E-state index in [-0.39, 0.29) is 0 Å². The molecule has 14 heavy (non-hydrogen) atoms. The number of aldehydes is 1. The highest BCUT2D eigenvalue weighted by atomic mass is 35.5. The second-order valence-electron chi connectivity index (χ2n) is 2.81. The molecule has 1 rings (SSSR count). The van der Waals surface area contributed by atoms with Crippen LogP contribution < -0.4 is 0 Å². The van der Waals surface area contributed by atoms with Crippen LogP contribution in [0.5, 0.6) is 0 Å². The van der Waals surface area contributed by atoms with Gasteiger partial charge in [0, 0.05) is 5.56 Å². The van der Waals surface area contributed by atoms with Crippen LogP contribution in [0.4, 0.5) is 0 Å². The molecule has 0 radical (unpaired) electrons. The molecule has 0 atom stereocenters. The molecule has 0 amide bonds. The first-order chi connectivity index (χ1) is 6.77. The van der Waals surface area contributed by atoms with Crippen molar-refractivity contribution in [3.8, 4) is 0 Å². The maximum Gasteiger partial charge on any atom is 0.151 e. The van der Waals surface area contributed by atoms with Gasteiger partial charge in [0.2, 0.25) is 0 Å². The Bertz CT molecular complexity index is 347. The topological polar surface area (TPSA) is 17.1 Å². The largest absolute Gasteiger partial charge is 0.298 e. The minimum absolute atomic E-state index is 0.494. The van der Waals surface area contributed by atoms with Crippen LogP contribution in [0.25, 0.3) is 6.08 Å². The van der Waals surface area contributed by atoms with Crippen molar-refractivity contribution in [2.75, 3.05) is 5.75 Å². The summed E-state index contributed by atoms with van der Waals surface area (Å²) in [4.78, 5) is 10.5. The predicted octanol–water partition coefficient (Wildman–Crippen LogP) is 3.49. The number of hydrogen-bond acceptors (Lipinski definition) is 2. The zero-order chi connectivity index (χ0) is 10.4. The molecular formula is C11H11ClOS. The molecule has 74 valence electrons. The Morgan fingerprint density at radius 2 is 2.21 bits per heavy atom. The molecule has 0 bridgehead atoms. The summed E-state index contributed by atoms with van der Waals surface area (Å²) in [5.74, 6) is 0.830. The Morgan fingerprint density at radius 3 is 2.79 bits per heavy atom. The van der Waals surface area contributed by atoms with E-state index in [0.717, 1.165) is 24.0 Å². The number of carbonyl (C=O) groups is 1. The van der Waals surface area contributed by atoms with E-state index in [1.54, 1.807) is 12.1 Å². The van der Waals surface area contributed by atoms with Gasteiger partial charge in [-0.25, -0.2) is 0 Å². The summed E-state index contributed by atoms with van der Waals surface area (Å²) in [6.45, 7) is 0. The van der Waals surface area contributed by atoms with Crippen molar-refractivity contribution >= 4 is 36.6 Å². The van der Waals surface area contributed by atoms with E-state index in [0.29, 0.717) is 10.6 Å². The molecule has 1 nitrogen and oxygen atoms in total. The van der Waals surface area contributed by atoms with Gasteiger partial charge in [0.05, 0.1) is 5.02 Å². The number of thiol groups is 1. The molecule has 0 unspecified atom stereocenters. The maximum absolute atomic E-state index is 10.5. The SMILES string of the molecule is O=Cc1ccc(C=CCCS)cc1Cl. The van der Waals surface area contributed by atoms with Crippen molar-refractivity contribution in [3.05, 3.63) is 40.4 Å². The minimum atomic E-state index is 0.494. The lowest BCUT2D eigenvalue weighted by Gasteiger charge is -1.97. The van der Waals surface area contributed by atoms with Crippen LogP contribution in [-0.4, -0.2) is 12.0 Å². The molecule has 0 aliphatic heterocycles. The van der Waals surface area contributed by atoms with E-state index in [9.17, 15) is 4.79 Å². The van der Waals surface area contributed by atoms with Crippen molar-refractivity contribution < 1.29 is 4.79 Å². The third kappa shape index (κ3) is 3.20. The molecule has 0 saturated carbocycles. The van der Waals surface area contributed by atoms with Gasteiger partial charge in [-0.15, -0.1) is 0 Å². The van der Waals surface area contributed by atoms with Gasteiger partial charge in [0.1, 0.15) is 0 Å². The van der Waals surface area contributed by atoms with Crippen LogP contribution in [0.2, 0.25) is 5.02 Å². The molecule has 0 fully saturated rings. The number of benzene rings is 1. The fraction of sp³-hybridized carbons (Fsp3) is 0.182. The van der Waals surface area contributed by atoms with Crippen molar-refractivity contribution in [2.24, 2.45) is 0 Å². The molecule has 0 aliphatic carbocycles. The second kappa shape index (κ2) is 5.89. The van der Waals surface area contributed by atoms with Gasteiger partial charge in [0.25, 0.3) is 0 Å². The number of hydrogen-bond donors (Lipinski definition) is 1. The molecule has 0 N–H and O–H groups in total. The summed E-state index contributed by atoms with van der Waals surface area (Å²) >= 11 is 9.96. The highest BCUT2D eigenvalue weighted by Crippen LogP contribution is 2.17. The van der Waals surface area contributed by atoms with Gasteiger partial charge in [0.15, 0.2) is 6.29 Å². The fourth-order valence-electron chi connectivity index (χ4n) is 1.04. The Kier molecular flexibility index (Phi) is 4.77. The summed E-state index contributed by atoms with van der Waals surface area (Å²) in [5, 5.41) is 0.494. The van der Waals surface area contributed by atoms with E-state index >= 15 is 0 Å². The molecular weight excluding hydrogens is 216 g/mol. The van der Waals surface area contributed by atoms with Crippen LogP contribution in [0.15, 0.2) is 24.3 Å². The lowest BCUT2D eigenvalue weighted by atomic mass is 10.1. The summed E-state index contributed by atoms with van der Waals surface area (Å²) in [6, 6.07) is 5.36. The first-order valence-electron chi connectivity index (χ1n) is 4.30. The average Bonchev–Trinajstić information content (AvgIpc) is 2.18. The van der Waals surface area contributed by atoms with Crippen LogP contribution in [-0.2, 0) is 0 Å². The zero-order valence-corrected chi connectivity index (χ0v) is 9.26. The van der Waals surface area contributed by atoms with Crippen molar-refractivity contribution in [2.45, 2.75) is 6.42 Å². The first kappa shape index (κ1) is 11.3. The van der Waals surface area contributed by atoms with E-state index in [4.69, 9.17) is 11.6 Å². The number of allylic oxidation sites excluding steroid dienone is 1. The lowest BCUT2D eigenvalue weighted by Crippen LogP contribution is -1.82. The van der Waals surface area contributed by atoms with Crippen LogP contribution in [0, 0.1) is 0 Å². The Hall–Kier alpha value is -0.730. The van der Waals surface area contributed by atoms with Crippen molar-refractivity contribution in [1.82, 2.24) is 0 Å². The fourth-order valence-corrected chi connectivity index (χ4v) is 1.42. The monoisotopic (exact) mass is 226 g/mol. The molecule has 0 heterocycles. The van der Waals surface area contributed by atoms with Crippen LogP contribution in [0.1, 0.15) is 22.3 Å². The van der Waals surface area contributed by atoms with E-state index in [2.05, 4.69) is 12.6 Å². The van der Waals surface area contributed by atoms with Gasteiger partial charge in [-0.1, -0.05) is 29.8 Å². The number of halogens is 1. The van der Waals surface area contributed by atoms with Crippen LogP contribution in [0.3, 0.4) is 0 Å². The predicted molar refractivity (Wildman–Crippen MR) is 64.3 cm³/mol. The van der Waals surface area contributed by atoms with Gasteiger partial charge in [-0.2, -0.15) is 12.6 Å². The number of rotatable bonds is 4. The summed E-state index contributed by atoms with van der Waals surface area (Å²) < 4.78 is 0. The highest BCUT2D eigenvalue weighted by molar-refractivity contribution is 7.80. The molecule has 0 saturated heterocycles. The normalized spacial score (nSPS) is 10.7. The van der Waals surface area contributed by atoms with Gasteiger partial charge in [-0.3, -0.25) is 4.79 Å². The molecule has 0 aromatic heterocycles. The lowest BCUT2D eigenvalue weighted by molar-refractivity contribution is 0.112. The van der Waals surface area contributed by atoms with Crippen LogP contribution >= 0.6 is 24.2 Å². The van der Waals surface area contributed by atoms with Crippen molar-refractivity contribution in [1.29, 1.82) is 0 Å². The average molecular weight is 227 g/mol. The standard InChI is InChI=1S/C11H11ClOS/c12-11-7-9(3-1-2-6-14)4-5-10(11)8-13/h1,3-5,7-8,14H,2,6H2. The molecule has 0 spiro atoms. The van der Waals surface area contributed by atoms with Gasteiger partial charge < -0.3 is 0 Å². The third-order valence-electron chi connectivity index (χ3n) is 1.76. The Labute approximate surface area is 94.2 Å². The van der Waals surface area contributed by atoms with E-state index in [1.165, 1.54) is 0 Å². The summed E-state index contributed by atoms with van der Waals surface area (Å²) in [7, 11) is 0. The zero-order valence-electron chi connectivity index (χ0n) is 7.61. The van der Waals surface area contributed by atoms with Gasteiger partial charge in [-0.05, 0) is 29.9 Å². The molecule has 1 aromatic carbocycles. The third-order valence-corrected chi connectivity index (χ3v) is 2.34.